The third-order valence-electron chi connectivity index (χ3n) is 3.04. The molecular formula is C14H13NS. The Bertz CT molecular complexity index is 551. The first-order chi connectivity index (χ1) is 7.90. The van der Waals surface area contributed by atoms with Crippen LogP contribution < -0.4 is 5.73 Å². The third kappa shape index (κ3) is 1.42. The predicted octanol–water partition coefficient (Wildman–Crippen LogP) is 3.19. The van der Waals surface area contributed by atoms with E-state index >= 15 is 0 Å². The molecule has 0 radical (unpaired) electrons. The fraction of sp³-hybridized carbons (Fsp3) is 0.143. The minimum absolute atomic E-state index is 0.605. The minimum atomic E-state index is 0.605. The lowest BCUT2D eigenvalue weighted by molar-refractivity contribution is 1.06. The second kappa shape index (κ2) is 3.89. The molecule has 1 aromatic heterocycles. The molecule has 1 aromatic carbocycles. The molecule has 1 heterocycles. The van der Waals surface area contributed by atoms with Crippen molar-refractivity contribution in [2.24, 2.45) is 5.73 Å². The molecule has 0 saturated heterocycles. The van der Waals surface area contributed by atoms with Crippen LogP contribution in [0.15, 0.2) is 41.8 Å². The number of fused-ring (bicyclic) bond motifs is 1. The van der Waals surface area contributed by atoms with E-state index in [0.717, 1.165) is 6.42 Å². The van der Waals surface area contributed by atoms with Gasteiger partial charge in [0, 0.05) is 11.4 Å². The van der Waals surface area contributed by atoms with E-state index in [1.165, 1.54) is 27.1 Å². The Morgan fingerprint density at radius 1 is 1.19 bits per heavy atom. The Morgan fingerprint density at radius 2 is 2.06 bits per heavy atom. The smallest absolute Gasteiger partial charge is 0.0380 e. The van der Waals surface area contributed by atoms with Crippen molar-refractivity contribution in [1.82, 2.24) is 0 Å². The van der Waals surface area contributed by atoms with Crippen LogP contribution in [-0.2, 0) is 13.0 Å². The van der Waals surface area contributed by atoms with E-state index in [0.29, 0.717) is 6.54 Å². The molecule has 1 aliphatic carbocycles. The molecule has 0 amide bonds. The minimum Gasteiger partial charge on any atom is -0.326 e. The lowest BCUT2D eigenvalue weighted by atomic mass is 10.00. The Labute approximate surface area is 99.2 Å². The van der Waals surface area contributed by atoms with Gasteiger partial charge in [-0.05, 0) is 40.1 Å². The quantitative estimate of drug-likeness (QED) is 0.837. The Balaban J connectivity index is 2.13. The van der Waals surface area contributed by atoms with Crippen LogP contribution in [0.1, 0.15) is 21.6 Å². The fourth-order valence-electron chi connectivity index (χ4n) is 2.23. The molecule has 2 N–H and O–H groups in total. The van der Waals surface area contributed by atoms with Gasteiger partial charge in [-0.25, -0.2) is 0 Å². The molecule has 1 nitrogen and oxygen atoms in total. The third-order valence-corrected chi connectivity index (χ3v) is 4.03. The summed E-state index contributed by atoms with van der Waals surface area (Å²) >= 11 is 1.83. The van der Waals surface area contributed by atoms with Crippen LogP contribution in [0.4, 0.5) is 0 Å². The molecule has 0 spiro atoms. The number of thiophene rings is 1. The van der Waals surface area contributed by atoms with Crippen molar-refractivity contribution in [3.05, 3.63) is 63.4 Å². The van der Waals surface area contributed by atoms with Gasteiger partial charge in [0.15, 0.2) is 0 Å². The van der Waals surface area contributed by atoms with Crippen molar-refractivity contribution in [2.45, 2.75) is 13.0 Å². The highest BCUT2D eigenvalue weighted by Gasteiger charge is 2.18. The maximum Gasteiger partial charge on any atom is 0.0380 e. The molecule has 3 rings (SSSR count). The van der Waals surface area contributed by atoms with Crippen molar-refractivity contribution in [1.29, 1.82) is 0 Å². The molecule has 0 saturated carbocycles. The maximum absolute atomic E-state index is 5.79. The first kappa shape index (κ1) is 9.82. The van der Waals surface area contributed by atoms with Gasteiger partial charge in [0.25, 0.3) is 0 Å². The number of hydrogen-bond donors (Lipinski definition) is 1. The monoisotopic (exact) mass is 227 g/mol. The predicted molar refractivity (Wildman–Crippen MR) is 69.4 cm³/mol. The number of allylic oxidation sites excluding steroid dienone is 1. The van der Waals surface area contributed by atoms with Crippen LogP contribution in [0.2, 0.25) is 0 Å². The van der Waals surface area contributed by atoms with Gasteiger partial charge in [0.05, 0.1) is 0 Å². The van der Waals surface area contributed by atoms with Crippen LogP contribution in [0.5, 0.6) is 0 Å². The number of hydrogen-bond acceptors (Lipinski definition) is 2. The van der Waals surface area contributed by atoms with E-state index in [9.17, 15) is 0 Å². The summed E-state index contributed by atoms with van der Waals surface area (Å²) in [6.45, 7) is 0.605. The average Bonchev–Trinajstić information content (AvgIpc) is 2.91. The molecule has 2 heteroatoms. The summed E-state index contributed by atoms with van der Waals surface area (Å²) < 4.78 is 0. The Hall–Kier alpha value is -1.38. The zero-order chi connectivity index (χ0) is 11.0. The number of nitrogens with two attached hydrogens (primary N) is 1. The van der Waals surface area contributed by atoms with Gasteiger partial charge < -0.3 is 5.73 Å². The summed E-state index contributed by atoms with van der Waals surface area (Å²) in [5.41, 5.74) is 11.1. The van der Waals surface area contributed by atoms with Crippen LogP contribution in [0.25, 0.3) is 5.57 Å². The molecule has 0 aliphatic heterocycles. The van der Waals surface area contributed by atoms with Gasteiger partial charge in [0.2, 0.25) is 0 Å². The summed E-state index contributed by atoms with van der Waals surface area (Å²) in [4.78, 5) is 1.42. The molecule has 0 bridgehead atoms. The van der Waals surface area contributed by atoms with Crippen LogP contribution in [0, 0.1) is 0 Å². The highest BCUT2D eigenvalue weighted by atomic mass is 32.1. The number of rotatable bonds is 2. The van der Waals surface area contributed by atoms with Gasteiger partial charge in [0.1, 0.15) is 0 Å². The molecule has 80 valence electrons. The second-order valence-electron chi connectivity index (χ2n) is 3.96. The summed E-state index contributed by atoms with van der Waals surface area (Å²) in [7, 11) is 0. The average molecular weight is 227 g/mol. The second-order valence-corrected chi connectivity index (χ2v) is 4.87. The summed E-state index contributed by atoms with van der Waals surface area (Å²) in [5, 5.41) is 2.17. The van der Waals surface area contributed by atoms with E-state index in [-0.39, 0.29) is 0 Å². The molecule has 1 aliphatic rings. The van der Waals surface area contributed by atoms with Gasteiger partial charge in [-0.3, -0.25) is 0 Å². The molecule has 0 atom stereocenters. The maximum atomic E-state index is 5.79. The van der Waals surface area contributed by atoms with Gasteiger partial charge in [-0.15, -0.1) is 11.3 Å². The molecule has 2 aromatic rings. The molecule has 0 fully saturated rings. The van der Waals surface area contributed by atoms with Crippen LogP contribution >= 0.6 is 11.3 Å². The van der Waals surface area contributed by atoms with Crippen molar-refractivity contribution < 1.29 is 0 Å². The first-order valence-corrected chi connectivity index (χ1v) is 6.33. The molecular weight excluding hydrogens is 214 g/mol. The highest BCUT2D eigenvalue weighted by Crippen LogP contribution is 2.37. The Kier molecular flexibility index (Phi) is 2.39. The number of benzene rings is 1. The van der Waals surface area contributed by atoms with Crippen LogP contribution in [-0.4, -0.2) is 0 Å². The van der Waals surface area contributed by atoms with E-state index in [2.05, 4.69) is 41.8 Å². The summed E-state index contributed by atoms with van der Waals surface area (Å²) in [5.74, 6) is 0. The van der Waals surface area contributed by atoms with Gasteiger partial charge in [-0.2, -0.15) is 0 Å². The SMILES string of the molecule is NCc1ccccc1C1=CCc2ccsc21. The van der Waals surface area contributed by atoms with Crippen molar-refractivity contribution >= 4 is 16.9 Å². The largest absolute Gasteiger partial charge is 0.326 e. The lowest BCUT2D eigenvalue weighted by Crippen LogP contribution is -2.00. The van der Waals surface area contributed by atoms with Gasteiger partial charge in [-0.1, -0.05) is 30.3 Å². The first-order valence-electron chi connectivity index (χ1n) is 5.45. The van der Waals surface area contributed by atoms with E-state index in [1.807, 2.05) is 11.3 Å². The Morgan fingerprint density at radius 3 is 2.94 bits per heavy atom. The van der Waals surface area contributed by atoms with E-state index in [1.54, 1.807) is 0 Å². The normalized spacial score (nSPS) is 13.7. The summed E-state index contributed by atoms with van der Waals surface area (Å²) in [6, 6.07) is 10.6. The highest BCUT2D eigenvalue weighted by molar-refractivity contribution is 7.11. The fourth-order valence-corrected chi connectivity index (χ4v) is 3.22. The van der Waals surface area contributed by atoms with Crippen molar-refractivity contribution in [2.75, 3.05) is 0 Å². The molecule has 16 heavy (non-hydrogen) atoms. The van der Waals surface area contributed by atoms with Crippen LogP contribution in [0.3, 0.4) is 0 Å². The topological polar surface area (TPSA) is 26.0 Å². The van der Waals surface area contributed by atoms with E-state index in [4.69, 9.17) is 5.73 Å². The van der Waals surface area contributed by atoms with E-state index < -0.39 is 0 Å². The standard InChI is InChI=1S/C14H13NS/c15-9-11-3-1-2-4-12(11)13-6-5-10-7-8-16-14(10)13/h1-4,6-8H,5,9,15H2. The van der Waals surface area contributed by atoms with Crippen molar-refractivity contribution in [3.63, 3.8) is 0 Å². The summed E-state index contributed by atoms with van der Waals surface area (Å²) in [6.07, 6.45) is 3.38. The van der Waals surface area contributed by atoms with Crippen molar-refractivity contribution in [3.8, 4) is 0 Å². The zero-order valence-electron chi connectivity index (χ0n) is 8.94. The van der Waals surface area contributed by atoms with Gasteiger partial charge >= 0.3 is 0 Å². The molecule has 0 unspecified atom stereocenters. The zero-order valence-corrected chi connectivity index (χ0v) is 9.76. The lowest BCUT2D eigenvalue weighted by Gasteiger charge is -2.08.